The van der Waals surface area contributed by atoms with Crippen LogP contribution < -0.4 is 0 Å². The van der Waals surface area contributed by atoms with Crippen molar-refractivity contribution in [3.63, 3.8) is 0 Å². The SMILES string of the molecule is Brc1ccc(/C=C/c2cnc(/C=C/c3ccc(Br)cc3)cn2)cc1. The first-order chi connectivity index (χ1) is 11.7. The predicted molar refractivity (Wildman–Crippen MR) is 108 cm³/mol. The lowest BCUT2D eigenvalue weighted by atomic mass is 10.2. The monoisotopic (exact) mass is 440 g/mol. The summed E-state index contributed by atoms with van der Waals surface area (Å²) >= 11 is 6.86. The molecule has 2 aromatic carbocycles. The molecule has 4 heteroatoms. The van der Waals surface area contributed by atoms with Crippen molar-refractivity contribution >= 4 is 56.2 Å². The second-order valence-corrected chi connectivity index (χ2v) is 6.97. The van der Waals surface area contributed by atoms with E-state index < -0.39 is 0 Å². The first-order valence-corrected chi connectivity index (χ1v) is 8.97. The number of halogens is 2. The maximum Gasteiger partial charge on any atom is 0.0813 e. The van der Waals surface area contributed by atoms with Crippen LogP contribution >= 0.6 is 31.9 Å². The largest absolute Gasteiger partial charge is 0.253 e. The molecule has 0 saturated heterocycles. The maximum atomic E-state index is 4.42. The van der Waals surface area contributed by atoms with E-state index in [9.17, 15) is 0 Å². The number of hydrogen-bond acceptors (Lipinski definition) is 2. The van der Waals surface area contributed by atoms with E-state index >= 15 is 0 Å². The van der Waals surface area contributed by atoms with Crippen LogP contribution in [-0.2, 0) is 0 Å². The van der Waals surface area contributed by atoms with Crippen molar-refractivity contribution in [1.82, 2.24) is 9.97 Å². The zero-order valence-electron chi connectivity index (χ0n) is 12.7. The van der Waals surface area contributed by atoms with Gasteiger partial charge in [-0.3, -0.25) is 9.97 Å². The highest BCUT2D eigenvalue weighted by molar-refractivity contribution is 9.10. The fourth-order valence-electron chi connectivity index (χ4n) is 2.03. The fourth-order valence-corrected chi connectivity index (χ4v) is 2.56. The zero-order chi connectivity index (χ0) is 16.8. The fraction of sp³-hybridized carbons (Fsp3) is 0. The van der Waals surface area contributed by atoms with E-state index in [0.29, 0.717) is 0 Å². The highest BCUT2D eigenvalue weighted by atomic mass is 79.9. The van der Waals surface area contributed by atoms with E-state index in [1.165, 1.54) is 0 Å². The maximum absolute atomic E-state index is 4.42. The standard InChI is InChI=1S/C20H14Br2N2/c21-17-7-1-15(2-8-17)5-11-19-13-24-20(14-23-19)12-6-16-3-9-18(22)10-4-16/h1-14H/b11-5+,12-6+. The van der Waals surface area contributed by atoms with E-state index in [1.807, 2.05) is 72.8 Å². The third-order valence-electron chi connectivity index (χ3n) is 3.32. The Morgan fingerprint density at radius 3 is 1.25 bits per heavy atom. The molecule has 3 aromatic rings. The lowest BCUT2D eigenvalue weighted by molar-refractivity contribution is 1.16. The molecule has 2 nitrogen and oxygen atoms in total. The van der Waals surface area contributed by atoms with Gasteiger partial charge in [-0.15, -0.1) is 0 Å². The van der Waals surface area contributed by atoms with Gasteiger partial charge in [-0.1, -0.05) is 68.3 Å². The summed E-state index contributed by atoms with van der Waals surface area (Å²) in [6.07, 6.45) is 11.5. The Labute approximate surface area is 158 Å². The van der Waals surface area contributed by atoms with Crippen molar-refractivity contribution in [3.05, 3.63) is 92.4 Å². The molecule has 0 amide bonds. The van der Waals surface area contributed by atoms with Gasteiger partial charge in [0.05, 0.1) is 23.8 Å². The van der Waals surface area contributed by atoms with Gasteiger partial charge in [0, 0.05) is 8.95 Å². The van der Waals surface area contributed by atoms with Crippen LogP contribution in [0.1, 0.15) is 22.5 Å². The van der Waals surface area contributed by atoms with E-state index in [4.69, 9.17) is 0 Å². The van der Waals surface area contributed by atoms with Crippen molar-refractivity contribution < 1.29 is 0 Å². The molecule has 1 aromatic heterocycles. The summed E-state index contributed by atoms with van der Waals surface area (Å²) in [6.45, 7) is 0. The van der Waals surface area contributed by atoms with E-state index in [1.54, 1.807) is 12.4 Å². The minimum Gasteiger partial charge on any atom is -0.253 e. The van der Waals surface area contributed by atoms with Crippen LogP contribution in [0.5, 0.6) is 0 Å². The van der Waals surface area contributed by atoms with Crippen LogP contribution in [0, 0.1) is 0 Å². The van der Waals surface area contributed by atoms with Gasteiger partial charge in [-0.2, -0.15) is 0 Å². The summed E-state index contributed by atoms with van der Waals surface area (Å²) in [7, 11) is 0. The second-order valence-electron chi connectivity index (χ2n) is 5.14. The third-order valence-corrected chi connectivity index (χ3v) is 4.38. The van der Waals surface area contributed by atoms with Crippen molar-refractivity contribution in [3.8, 4) is 0 Å². The quantitative estimate of drug-likeness (QED) is 0.471. The van der Waals surface area contributed by atoms with E-state index in [2.05, 4.69) is 41.8 Å². The third kappa shape index (κ3) is 4.98. The molecule has 0 atom stereocenters. The molecule has 0 radical (unpaired) electrons. The predicted octanol–water partition coefficient (Wildman–Crippen LogP) is 6.34. The van der Waals surface area contributed by atoms with Gasteiger partial charge in [0.15, 0.2) is 0 Å². The summed E-state index contributed by atoms with van der Waals surface area (Å²) in [5, 5.41) is 0. The second kappa shape index (κ2) is 8.18. The Morgan fingerprint density at radius 2 is 0.917 bits per heavy atom. The van der Waals surface area contributed by atoms with Gasteiger partial charge in [-0.25, -0.2) is 0 Å². The molecule has 0 aliphatic heterocycles. The topological polar surface area (TPSA) is 25.8 Å². The number of rotatable bonds is 4. The van der Waals surface area contributed by atoms with Crippen molar-refractivity contribution in [2.75, 3.05) is 0 Å². The Kier molecular flexibility index (Phi) is 5.72. The van der Waals surface area contributed by atoms with Crippen molar-refractivity contribution in [2.45, 2.75) is 0 Å². The Hall–Kier alpha value is -2.04. The summed E-state index contributed by atoms with van der Waals surface area (Å²) in [5.74, 6) is 0. The van der Waals surface area contributed by atoms with Crippen LogP contribution in [0.2, 0.25) is 0 Å². The van der Waals surface area contributed by atoms with Gasteiger partial charge in [0.1, 0.15) is 0 Å². The molecule has 0 fully saturated rings. The average molecular weight is 442 g/mol. The first kappa shape index (κ1) is 16.8. The van der Waals surface area contributed by atoms with Crippen LogP contribution in [0.15, 0.2) is 69.9 Å². The average Bonchev–Trinajstić information content (AvgIpc) is 2.62. The molecule has 0 unspecified atom stereocenters. The Bertz CT molecular complexity index is 775. The molecule has 0 bridgehead atoms. The molecular formula is C20H14Br2N2. The highest BCUT2D eigenvalue weighted by Gasteiger charge is 1.94. The molecule has 0 saturated carbocycles. The van der Waals surface area contributed by atoms with E-state index in [-0.39, 0.29) is 0 Å². The van der Waals surface area contributed by atoms with Crippen LogP contribution in [0.25, 0.3) is 24.3 Å². The van der Waals surface area contributed by atoms with Gasteiger partial charge in [-0.05, 0) is 47.5 Å². The minimum absolute atomic E-state index is 0.832. The van der Waals surface area contributed by atoms with Gasteiger partial charge in [0.25, 0.3) is 0 Å². The summed E-state index contributed by atoms with van der Waals surface area (Å²) < 4.78 is 2.14. The Morgan fingerprint density at radius 1 is 0.542 bits per heavy atom. The van der Waals surface area contributed by atoms with Gasteiger partial charge < -0.3 is 0 Å². The number of hydrogen-bond donors (Lipinski definition) is 0. The van der Waals surface area contributed by atoms with Gasteiger partial charge in [0.2, 0.25) is 0 Å². The molecule has 0 N–H and O–H groups in total. The molecule has 118 valence electrons. The molecule has 0 aliphatic rings. The van der Waals surface area contributed by atoms with Gasteiger partial charge >= 0.3 is 0 Å². The molecule has 3 rings (SSSR count). The van der Waals surface area contributed by atoms with E-state index in [0.717, 1.165) is 31.5 Å². The normalized spacial score (nSPS) is 11.4. The number of benzene rings is 2. The summed E-state index contributed by atoms with van der Waals surface area (Å²) in [5.41, 5.74) is 3.91. The lowest BCUT2D eigenvalue weighted by Crippen LogP contribution is -1.86. The number of aromatic nitrogens is 2. The lowest BCUT2D eigenvalue weighted by Gasteiger charge is -1.97. The summed E-state index contributed by atoms with van der Waals surface area (Å²) in [4.78, 5) is 8.84. The minimum atomic E-state index is 0.832. The summed E-state index contributed by atoms with van der Waals surface area (Å²) in [6, 6.07) is 16.2. The Balaban J connectivity index is 1.66. The van der Waals surface area contributed by atoms with Crippen LogP contribution in [0.4, 0.5) is 0 Å². The molecule has 0 spiro atoms. The van der Waals surface area contributed by atoms with Crippen molar-refractivity contribution in [1.29, 1.82) is 0 Å². The molecule has 0 aliphatic carbocycles. The van der Waals surface area contributed by atoms with Crippen LogP contribution in [0.3, 0.4) is 0 Å². The van der Waals surface area contributed by atoms with Crippen molar-refractivity contribution in [2.24, 2.45) is 0 Å². The molecular weight excluding hydrogens is 428 g/mol. The first-order valence-electron chi connectivity index (χ1n) is 7.38. The molecule has 24 heavy (non-hydrogen) atoms. The zero-order valence-corrected chi connectivity index (χ0v) is 15.9. The smallest absolute Gasteiger partial charge is 0.0813 e. The highest BCUT2D eigenvalue weighted by Crippen LogP contribution is 2.14. The van der Waals surface area contributed by atoms with Crippen LogP contribution in [-0.4, -0.2) is 9.97 Å². The number of nitrogens with zero attached hydrogens (tertiary/aromatic N) is 2. The molecule has 1 heterocycles.